The van der Waals surface area contributed by atoms with Crippen LogP contribution in [0.25, 0.3) is 0 Å². The largest absolute Gasteiger partial charge is 0.457 e. The first-order valence-electron chi connectivity index (χ1n) is 9.32. The second-order valence-corrected chi connectivity index (χ2v) is 7.94. The SMILES string of the molecule is CC[C@H]1OC(=O)[C@H]2OC(C)(C)OC21.CC[C@H]1OC(O)[C@H]2OC(C)(C)OC21. The minimum atomic E-state index is -0.836. The molecule has 26 heavy (non-hydrogen) atoms. The first kappa shape index (κ1) is 20.0. The highest BCUT2D eigenvalue weighted by molar-refractivity contribution is 5.78. The van der Waals surface area contributed by atoms with Gasteiger partial charge in [0.15, 0.2) is 24.0 Å². The number of esters is 1. The Morgan fingerprint density at radius 1 is 0.846 bits per heavy atom. The van der Waals surface area contributed by atoms with Gasteiger partial charge in [-0.2, -0.15) is 0 Å². The van der Waals surface area contributed by atoms with Crippen molar-refractivity contribution in [3.8, 4) is 0 Å². The first-order valence-corrected chi connectivity index (χ1v) is 9.32. The number of carbonyl (C=O) groups is 1. The van der Waals surface area contributed by atoms with E-state index in [4.69, 9.17) is 28.4 Å². The summed E-state index contributed by atoms with van der Waals surface area (Å²) < 4.78 is 32.5. The van der Waals surface area contributed by atoms with Crippen LogP contribution in [0.15, 0.2) is 0 Å². The summed E-state index contributed by atoms with van der Waals surface area (Å²) in [7, 11) is 0. The molecule has 4 rings (SSSR count). The number of ether oxygens (including phenoxy) is 6. The number of hydrogen-bond donors (Lipinski definition) is 1. The summed E-state index contributed by atoms with van der Waals surface area (Å²) in [5.41, 5.74) is 0. The summed E-state index contributed by atoms with van der Waals surface area (Å²) in [5, 5.41) is 9.51. The smallest absolute Gasteiger partial charge is 0.338 e. The van der Waals surface area contributed by atoms with Gasteiger partial charge in [0.05, 0.1) is 6.10 Å². The average Bonchev–Trinajstić information content (AvgIpc) is 3.21. The number of fused-ring (bicyclic) bond motifs is 2. The highest BCUT2D eigenvalue weighted by atomic mass is 16.8. The van der Waals surface area contributed by atoms with Gasteiger partial charge in [-0.3, -0.25) is 0 Å². The van der Waals surface area contributed by atoms with Gasteiger partial charge in [0.25, 0.3) is 0 Å². The van der Waals surface area contributed by atoms with Crippen LogP contribution in [0.2, 0.25) is 0 Å². The molecule has 0 radical (unpaired) electrons. The third-order valence-electron chi connectivity index (χ3n) is 4.93. The zero-order valence-corrected chi connectivity index (χ0v) is 16.3. The Balaban J connectivity index is 0.000000151. The molecule has 0 aromatic rings. The molecule has 1 N–H and O–H groups in total. The predicted octanol–water partition coefficient (Wildman–Crippen LogP) is 1.48. The van der Waals surface area contributed by atoms with Crippen molar-refractivity contribution in [2.75, 3.05) is 0 Å². The molecule has 3 unspecified atom stereocenters. The average molecular weight is 374 g/mol. The van der Waals surface area contributed by atoms with Gasteiger partial charge in [-0.05, 0) is 40.5 Å². The Morgan fingerprint density at radius 2 is 1.38 bits per heavy atom. The Labute approximate surface area is 154 Å². The topological polar surface area (TPSA) is 92.7 Å². The number of aliphatic hydroxyl groups is 1. The van der Waals surface area contributed by atoms with E-state index in [0.717, 1.165) is 12.8 Å². The maximum Gasteiger partial charge on any atom is 0.338 e. The molecule has 0 aromatic carbocycles. The lowest BCUT2D eigenvalue weighted by Gasteiger charge is -2.21. The van der Waals surface area contributed by atoms with Crippen LogP contribution in [0.5, 0.6) is 0 Å². The molecule has 4 heterocycles. The maximum atomic E-state index is 11.3. The standard InChI is InChI=1S/C9H16O4.C9H14O4/c2*1-4-5-6-7(8(10)11-5)13-9(2,3)12-6/h5-8,10H,4H2,1-3H3;5-7H,4H2,1-3H3/t5-,6?,7+,8?;5-,6?,7+/m11/s1. The van der Waals surface area contributed by atoms with E-state index in [9.17, 15) is 9.90 Å². The van der Waals surface area contributed by atoms with Crippen LogP contribution in [0, 0.1) is 0 Å². The lowest BCUT2D eigenvalue weighted by atomic mass is 10.1. The summed E-state index contributed by atoms with van der Waals surface area (Å²) in [4.78, 5) is 11.3. The molecular formula is C18H30O8. The van der Waals surface area contributed by atoms with E-state index in [1.165, 1.54) is 0 Å². The predicted molar refractivity (Wildman–Crippen MR) is 89.0 cm³/mol. The Morgan fingerprint density at radius 3 is 2.00 bits per heavy atom. The highest BCUT2D eigenvalue weighted by Gasteiger charge is 2.55. The van der Waals surface area contributed by atoms with Crippen molar-refractivity contribution < 1.29 is 38.3 Å². The normalized spacial score (nSPS) is 44.9. The van der Waals surface area contributed by atoms with E-state index < -0.39 is 24.0 Å². The quantitative estimate of drug-likeness (QED) is 0.727. The fourth-order valence-electron chi connectivity index (χ4n) is 3.83. The summed E-state index contributed by atoms with van der Waals surface area (Å²) >= 11 is 0. The van der Waals surface area contributed by atoms with Crippen LogP contribution >= 0.6 is 0 Å². The highest BCUT2D eigenvalue weighted by Crippen LogP contribution is 2.39. The van der Waals surface area contributed by atoms with Gasteiger partial charge in [-0.25, -0.2) is 4.79 Å². The third-order valence-corrected chi connectivity index (χ3v) is 4.93. The van der Waals surface area contributed by atoms with Crippen molar-refractivity contribution >= 4 is 5.97 Å². The number of carbonyl (C=O) groups excluding carboxylic acids is 1. The van der Waals surface area contributed by atoms with Crippen molar-refractivity contribution in [2.45, 2.75) is 109 Å². The molecule has 4 aliphatic rings. The number of rotatable bonds is 2. The lowest BCUT2D eigenvalue weighted by molar-refractivity contribution is -0.220. The Hall–Kier alpha value is -0.770. The molecule has 8 heteroatoms. The molecule has 7 atom stereocenters. The van der Waals surface area contributed by atoms with E-state index in [0.29, 0.717) is 0 Å². The maximum absolute atomic E-state index is 11.3. The minimum absolute atomic E-state index is 0.0400. The summed E-state index contributed by atoms with van der Waals surface area (Å²) in [5.74, 6) is -1.53. The van der Waals surface area contributed by atoms with E-state index in [1.54, 1.807) is 0 Å². The zero-order valence-electron chi connectivity index (χ0n) is 16.3. The molecule has 0 saturated carbocycles. The van der Waals surface area contributed by atoms with Crippen LogP contribution in [0.3, 0.4) is 0 Å². The molecule has 0 spiro atoms. The Kier molecular flexibility index (Phi) is 5.38. The van der Waals surface area contributed by atoms with E-state index in [1.807, 2.05) is 41.5 Å². The molecular weight excluding hydrogens is 344 g/mol. The van der Waals surface area contributed by atoms with E-state index >= 15 is 0 Å². The fourth-order valence-corrected chi connectivity index (χ4v) is 3.83. The van der Waals surface area contributed by atoms with Crippen LogP contribution in [-0.2, 0) is 33.2 Å². The van der Waals surface area contributed by atoms with Crippen molar-refractivity contribution in [3.05, 3.63) is 0 Å². The van der Waals surface area contributed by atoms with Gasteiger partial charge < -0.3 is 33.5 Å². The molecule has 0 amide bonds. The fraction of sp³-hybridized carbons (Fsp3) is 0.944. The molecule has 0 bridgehead atoms. The van der Waals surface area contributed by atoms with Crippen LogP contribution in [-0.4, -0.2) is 65.6 Å². The molecule has 8 nitrogen and oxygen atoms in total. The van der Waals surface area contributed by atoms with Crippen LogP contribution < -0.4 is 0 Å². The van der Waals surface area contributed by atoms with Gasteiger partial charge in [-0.1, -0.05) is 13.8 Å². The van der Waals surface area contributed by atoms with Gasteiger partial charge in [0.2, 0.25) is 0 Å². The molecule has 0 aromatic heterocycles. The second kappa shape index (κ2) is 7.00. The van der Waals surface area contributed by atoms with Crippen molar-refractivity contribution in [1.82, 2.24) is 0 Å². The molecule has 4 saturated heterocycles. The summed E-state index contributed by atoms with van der Waals surface area (Å²) in [6.45, 7) is 11.3. The summed E-state index contributed by atoms with van der Waals surface area (Å²) in [6.07, 6.45) is -0.579. The minimum Gasteiger partial charge on any atom is -0.457 e. The van der Waals surface area contributed by atoms with Gasteiger partial charge >= 0.3 is 5.97 Å². The molecule has 0 aliphatic carbocycles. The number of cyclic esters (lactones) is 1. The van der Waals surface area contributed by atoms with Gasteiger partial charge in [0.1, 0.15) is 24.4 Å². The van der Waals surface area contributed by atoms with Crippen molar-refractivity contribution in [1.29, 1.82) is 0 Å². The number of hydrogen-bond acceptors (Lipinski definition) is 8. The van der Waals surface area contributed by atoms with Crippen molar-refractivity contribution in [3.63, 3.8) is 0 Å². The van der Waals surface area contributed by atoms with Crippen LogP contribution in [0.4, 0.5) is 0 Å². The molecule has 150 valence electrons. The second-order valence-electron chi connectivity index (χ2n) is 7.94. The van der Waals surface area contributed by atoms with Crippen molar-refractivity contribution in [2.24, 2.45) is 0 Å². The monoisotopic (exact) mass is 374 g/mol. The first-order chi connectivity index (χ1) is 12.1. The van der Waals surface area contributed by atoms with Crippen LogP contribution in [0.1, 0.15) is 54.4 Å². The Bertz CT molecular complexity index is 533. The van der Waals surface area contributed by atoms with E-state index in [-0.39, 0.29) is 36.5 Å². The lowest BCUT2D eigenvalue weighted by Crippen LogP contribution is -2.29. The number of aliphatic hydroxyl groups excluding tert-OH is 1. The van der Waals surface area contributed by atoms with E-state index in [2.05, 4.69) is 0 Å². The zero-order chi connectivity index (χ0) is 19.3. The molecule has 4 fully saturated rings. The van der Waals surface area contributed by atoms with Gasteiger partial charge in [-0.15, -0.1) is 0 Å². The van der Waals surface area contributed by atoms with Gasteiger partial charge in [0, 0.05) is 0 Å². The molecule has 4 aliphatic heterocycles. The third kappa shape index (κ3) is 3.76. The summed E-state index contributed by atoms with van der Waals surface area (Å²) in [6, 6.07) is 0.